The van der Waals surface area contributed by atoms with Crippen molar-refractivity contribution in [2.24, 2.45) is 11.6 Å². The normalized spacial score (nSPS) is 12.3. The molecular weight excluding hydrogens is 122 g/mol. The lowest BCUT2D eigenvalue weighted by Crippen LogP contribution is -2.34. The summed E-state index contributed by atoms with van der Waals surface area (Å²) in [4.78, 5) is 10.2. The third-order valence-corrected chi connectivity index (χ3v) is 0.595. The first-order valence-electron chi connectivity index (χ1n) is 2.55. The molecule has 1 amide bonds. The minimum atomic E-state index is -0.660. The lowest BCUT2D eigenvalue weighted by atomic mass is 10.4. The fourth-order valence-corrected chi connectivity index (χ4v) is 0.249. The highest BCUT2D eigenvalue weighted by molar-refractivity contribution is 5.66. The molecule has 54 valence electrons. The molecule has 0 aliphatic carbocycles. The Morgan fingerprint density at radius 2 is 2.44 bits per heavy atom. The van der Waals surface area contributed by atoms with Gasteiger partial charge in [-0.25, -0.2) is 10.6 Å². The number of nitrogens with one attached hydrogen (secondary N) is 1. The van der Waals surface area contributed by atoms with Gasteiger partial charge in [0.05, 0.1) is 0 Å². The van der Waals surface area contributed by atoms with Crippen LogP contribution in [-0.4, -0.2) is 18.7 Å². The van der Waals surface area contributed by atoms with E-state index < -0.39 is 6.09 Å². The summed E-state index contributed by atoms with van der Waals surface area (Å²) in [7, 11) is 0. The summed E-state index contributed by atoms with van der Waals surface area (Å²) in [5, 5.41) is 0. The van der Waals surface area contributed by atoms with Crippen molar-refractivity contribution in [3.8, 4) is 0 Å². The number of carbonyl (C=O) groups excluding carboxylic acids is 1. The van der Waals surface area contributed by atoms with E-state index in [0.29, 0.717) is 0 Å². The SMILES string of the molecule is CC(N)COC(=O)NN. The van der Waals surface area contributed by atoms with Crippen LogP contribution in [-0.2, 0) is 4.74 Å². The van der Waals surface area contributed by atoms with Gasteiger partial charge in [0.25, 0.3) is 0 Å². The Hall–Kier alpha value is -0.810. The van der Waals surface area contributed by atoms with Crippen LogP contribution in [0.3, 0.4) is 0 Å². The average Bonchev–Trinajstić information content (AvgIpc) is 1.83. The molecular formula is C4H11N3O2. The lowest BCUT2D eigenvalue weighted by Gasteiger charge is -2.04. The van der Waals surface area contributed by atoms with Crippen molar-refractivity contribution in [1.29, 1.82) is 0 Å². The highest BCUT2D eigenvalue weighted by Gasteiger charge is 1.98. The number of hydrogen-bond donors (Lipinski definition) is 3. The molecule has 5 N–H and O–H groups in total. The van der Waals surface area contributed by atoms with E-state index in [1.807, 2.05) is 0 Å². The first-order valence-corrected chi connectivity index (χ1v) is 2.55. The van der Waals surface area contributed by atoms with Crippen molar-refractivity contribution in [3.05, 3.63) is 0 Å². The lowest BCUT2D eigenvalue weighted by molar-refractivity contribution is 0.141. The maximum absolute atomic E-state index is 10.2. The first kappa shape index (κ1) is 8.19. The molecule has 9 heavy (non-hydrogen) atoms. The van der Waals surface area contributed by atoms with E-state index in [9.17, 15) is 4.79 Å². The van der Waals surface area contributed by atoms with Crippen molar-refractivity contribution < 1.29 is 9.53 Å². The molecule has 0 heterocycles. The molecule has 1 unspecified atom stereocenters. The molecule has 0 aromatic carbocycles. The highest BCUT2D eigenvalue weighted by Crippen LogP contribution is 1.78. The Labute approximate surface area is 53.3 Å². The topological polar surface area (TPSA) is 90.4 Å². The van der Waals surface area contributed by atoms with Gasteiger partial charge in [0, 0.05) is 6.04 Å². The van der Waals surface area contributed by atoms with Crippen LogP contribution in [0.4, 0.5) is 4.79 Å². The van der Waals surface area contributed by atoms with Gasteiger partial charge in [0.15, 0.2) is 0 Å². The zero-order valence-corrected chi connectivity index (χ0v) is 5.26. The Morgan fingerprint density at radius 3 is 2.78 bits per heavy atom. The van der Waals surface area contributed by atoms with Crippen molar-refractivity contribution in [3.63, 3.8) is 0 Å². The Bertz CT molecular complexity index is 93.8. The summed E-state index contributed by atoms with van der Waals surface area (Å²) < 4.78 is 4.45. The molecule has 0 rings (SSSR count). The van der Waals surface area contributed by atoms with Gasteiger partial charge < -0.3 is 10.5 Å². The molecule has 0 aliphatic rings. The number of nitrogens with two attached hydrogens (primary N) is 2. The first-order chi connectivity index (χ1) is 4.16. The van der Waals surface area contributed by atoms with Crippen LogP contribution in [0.25, 0.3) is 0 Å². The van der Waals surface area contributed by atoms with E-state index in [1.165, 1.54) is 0 Å². The van der Waals surface area contributed by atoms with Crippen LogP contribution < -0.4 is 17.0 Å². The number of carbonyl (C=O) groups is 1. The van der Waals surface area contributed by atoms with Crippen LogP contribution >= 0.6 is 0 Å². The van der Waals surface area contributed by atoms with Crippen molar-refractivity contribution in [1.82, 2.24) is 5.43 Å². The van der Waals surface area contributed by atoms with Gasteiger partial charge in [-0.15, -0.1) is 0 Å². The monoisotopic (exact) mass is 133 g/mol. The summed E-state index contributed by atoms with van der Waals surface area (Å²) in [6, 6.07) is -0.151. The zero-order valence-electron chi connectivity index (χ0n) is 5.26. The maximum atomic E-state index is 10.2. The summed E-state index contributed by atoms with van der Waals surface area (Å²) in [6.45, 7) is 1.91. The van der Waals surface area contributed by atoms with Gasteiger partial charge in [-0.05, 0) is 6.92 Å². The third-order valence-electron chi connectivity index (χ3n) is 0.595. The van der Waals surface area contributed by atoms with Gasteiger partial charge in [-0.1, -0.05) is 0 Å². The fourth-order valence-electron chi connectivity index (χ4n) is 0.249. The second kappa shape index (κ2) is 4.11. The highest BCUT2D eigenvalue weighted by atomic mass is 16.6. The molecule has 1 atom stereocenters. The molecule has 0 aromatic heterocycles. The molecule has 0 aromatic rings. The van der Waals surface area contributed by atoms with Crippen LogP contribution in [0.5, 0.6) is 0 Å². The average molecular weight is 133 g/mol. The molecule has 5 nitrogen and oxygen atoms in total. The van der Waals surface area contributed by atoms with Crippen LogP contribution in [0.15, 0.2) is 0 Å². The van der Waals surface area contributed by atoms with Crippen LogP contribution in [0, 0.1) is 0 Å². The van der Waals surface area contributed by atoms with E-state index in [4.69, 9.17) is 11.6 Å². The predicted octanol–water partition coefficient (Wildman–Crippen LogP) is -1.07. The van der Waals surface area contributed by atoms with Gasteiger partial charge in [-0.3, -0.25) is 5.43 Å². The molecule has 0 fully saturated rings. The minimum absolute atomic E-state index is 0.151. The number of hydrogen-bond acceptors (Lipinski definition) is 4. The second-order valence-electron chi connectivity index (χ2n) is 1.72. The smallest absolute Gasteiger partial charge is 0.421 e. The summed E-state index contributed by atoms with van der Waals surface area (Å²) in [5.74, 6) is 4.69. The molecule has 0 saturated carbocycles. The Balaban J connectivity index is 3.17. The fraction of sp³-hybridized carbons (Fsp3) is 0.750. The number of hydrazine groups is 1. The van der Waals surface area contributed by atoms with Crippen LogP contribution in [0.1, 0.15) is 6.92 Å². The van der Waals surface area contributed by atoms with E-state index in [1.54, 1.807) is 12.3 Å². The Morgan fingerprint density at radius 1 is 1.89 bits per heavy atom. The van der Waals surface area contributed by atoms with E-state index in [-0.39, 0.29) is 12.6 Å². The molecule has 0 bridgehead atoms. The van der Waals surface area contributed by atoms with Gasteiger partial charge in [-0.2, -0.15) is 0 Å². The Kier molecular flexibility index (Phi) is 3.74. The molecule has 0 aliphatic heterocycles. The molecule has 0 radical (unpaired) electrons. The largest absolute Gasteiger partial charge is 0.447 e. The van der Waals surface area contributed by atoms with Crippen molar-refractivity contribution >= 4 is 6.09 Å². The van der Waals surface area contributed by atoms with Crippen LogP contribution in [0.2, 0.25) is 0 Å². The van der Waals surface area contributed by atoms with Gasteiger partial charge in [0.1, 0.15) is 6.61 Å². The standard InChI is InChI=1S/C4H11N3O2/c1-3(5)2-9-4(8)7-6/h3H,2,5-6H2,1H3,(H,7,8). The molecule has 5 heteroatoms. The van der Waals surface area contributed by atoms with E-state index in [2.05, 4.69) is 4.74 Å². The van der Waals surface area contributed by atoms with Gasteiger partial charge in [0.2, 0.25) is 0 Å². The van der Waals surface area contributed by atoms with Gasteiger partial charge >= 0.3 is 6.09 Å². The summed E-state index contributed by atoms with van der Waals surface area (Å²) in [5.41, 5.74) is 7.05. The number of amides is 1. The van der Waals surface area contributed by atoms with Crippen molar-refractivity contribution in [2.45, 2.75) is 13.0 Å². The summed E-state index contributed by atoms with van der Waals surface area (Å²) in [6.07, 6.45) is -0.660. The van der Waals surface area contributed by atoms with E-state index >= 15 is 0 Å². The molecule has 0 saturated heterocycles. The second-order valence-corrected chi connectivity index (χ2v) is 1.72. The van der Waals surface area contributed by atoms with Crippen molar-refractivity contribution in [2.75, 3.05) is 6.61 Å². The molecule has 0 spiro atoms. The maximum Gasteiger partial charge on any atom is 0.421 e. The predicted molar refractivity (Wildman–Crippen MR) is 32.3 cm³/mol. The number of ether oxygens (including phenoxy) is 1. The number of rotatable bonds is 2. The quantitative estimate of drug-likeness (QED) is 0.254. The third kappa shape index (κ3) is 5.05. The summed E-state index contributed by atoms with van der Waals surface area (Å²) >= 11 is 0. The van der Waals surface area contributed by atoms with E-state index in [0.717, 1.165) is 0 Å². The zero-order chi connectivity index (χ0) is 7.28. The minimum Gasteiger partial charge on any atom is -0.447 e.